The molecule has 1 aromatic rings. The van der Waals surface area contributed by atoms with Crippen LogP contribution < -0.4 is 11.1 Å². The lowest BCUT2D eigenvalue weighted by molar-refractivity contribution is 0.0954. The van der Waals surface area contributed by atoms with Gasteiger partial charge in [-0.05, 0) is 19.1 Å². The van der Waals surface area contributed by atoms with E-state index < -0.39 is 10.8 Å². The van der Waals surface area contributed by atoms with E-state index in [0.29, 0.717) is 17.7 Å². The maximum Gasteiger partial charge on any atom is 0.251 e. The van der Waals surface area contributed by atoms with Gasteiger partial charge < -0.3 is 11.1 Å². The van der Waals surface area contributed by atoms with Crippen molar-refractivity contribution < 1.29 is 9.00 Å². The molecule has 2 unspecified atom stereocenters. The highest BCUT2D eigenvalue weighted by Crippen LogP contribution is 2.05. The fraction of sp³-hybridized carbons (Fsp3) is 0.333. The Labute approximate surface area is 114 Å². The van der Waals surface area contributed by atoms with Crippen LogP contribution in [0.5, 0.6) is 0 Å². The second-order valence-corrected chi connectivity index (χ2v) is 6.21. The summed E-state index contributed by atoms with van der Waals surface area (Å²) < 4.78 is 11.2. The summed E-state index contributed by atoms with van der Waals surface area (Å²) in [5, 5.41) is 2.65. The first-order valence-corrected chi connectivity index (χ1v) is 7.45. The topological polar surface area (TPSA) is 72.2 Å². The van der Waals surface area contributed by atoms with Gasteiger partial charge in [0.15, 0.2) is 0 Å². The Bertz CT molecular complexity index is 489. The first-order chi connectivity index (χ1) is 8.41. The number of nitrogens with two attached hydrogens (primary N) is 1. The van der Waals surface area contributed by atoms with Crippen molar-refractivity contribution in [2.24, 2.45) is 5.73 Å². The van der Waals surface area contributed by atoms with Gasteiger partial charge in [0.1, 0.15) is 4.99 Å². The number of benzene rings is 1. The molecule has 0 bridgehead atoms. The molecule has 0 fully saturated rings. The molecule has 0 saturated heterocycles. The molecule has 1 amide bonds. The monoisotopic (exact) mass is 284 g/mol. The van der Waals surface area contributed by atoms with Crippen molar-refractivity contribution in [2.45, 2.75) is 12.2 Å². The number of nitrogens with one attached hydrogen (secondary N) is 1. The van der Waals surface area contributed by atoms with Crippen LogP contribution in [0, 0.1) is 0 Å². The molecule has 3 N–H and O–H groups in total. The minimum absolute atomic E-state index is 0.0762. The third kappa shape index (κ3) is 4.19. The van der Waals surface area contributed by atoms with E-state index in [2.05, 4.69) is 5.32 Å². The fourth-order valence-corrected chi connectivity index (χ4v) is 1.71. The molecule has 0 spiro atoms. The summed E-state index contributed by atoms with van der Waals surface area (Å²) in [6.07, 6.45) is 1.62. The van der Waals surface area contributed by atoms with Gasteiger partial charge in [-0.1, -0.05) is 24.4 Å². The highest BCUT2D eigenvalue weighted by Gasteiger charge is 2.10. The highest BCUT2D eigenvalue weighted by molar-refractivity contribution is 7.84. The van der Waals surface area contributed by atoms with E-state index >= 15 is 0 Å². The molecule has 6 heteroatoms. The zero-order valence-electron chi connectivity index (χ0n) is 10.3. The SMILES string of the molecule is CC(CNC(=O)c1cccc(C(N)=S)c1)S(C)=O. The molecule has 0 aliphatic rings. The van der Waals surface area contributed by atoms with E-state index in [-0.39, 0.29) is 16.1 Å². The van der Waals surface area contributed by atoms with E-state index in [4.69, 9.17) is 18.0 Å². The lowest BCUT2D eigenvalue weighted by Crippen LogP contribution is -2.32. The Kier molecular flexibility index (Phi) is 5.43. The fourth-order valence-electron chi connectivity index (χ4n) is 1.27. The number of hydrogen-bond donors (Lipinski definition) is 2. The van der Waals surface area contributed by atoms with Gasteiger partial charge in [0.05, 0.1) is 0 Å². The van der Waals surface area contributed by atoms with Crippen molar-refractivity contribution in [3.8, 4) is 0 Å². The van der Waals surface area contributed by atoms with Crippen LogP contribution in [-0.4, -0.2) is 33.2 Å². The van der Waals surface area contributed by atoms with Gasteiger partial charge in [-0.15, -0.1) is 0 Å². The van der Waals surface area contributed by atoms with E-state index in [0.717, 1.165) is 0 Å². The first-order valence-electron chi connectivity index (χ1n) is 5.42. The van der Waals surface area contributed by atoms with Crippen molar-refractivity contribution in [2.75, 3.05) is 12.8 Å². The summed E-state index contributed by atoms with van der Waals surface area (Å²) in [4.78, 5) is 12.1. The average Bonchev–Trinajstić information content (AvgIpc) is 2.35. The van der Waals surface area contributed by atoms with Crippen LogP contribution in [0.2, 0.25) is 0 Å². The number of thiocarbonyl (C=S) groups is 1. The molecule has 4 nitrogen and oxygen atoms in total. The summed E-state index contributed by atoms with van der Waals surface area (Å²) in [7, 11) is -0.950. The third-order valence-corrected chi connectivity index (χ3v) is 4.06. The van der Waals surface area contributed by atoms with Gasteiger partial charge in [0.2, 0.25) is 0 Å². The van der Waals surface area contributed by atoms with Crippen molar-refractivity contribution in [3.05, 3.63) is 35.4 Å². The highest BCUT2D eigenvalue weighted by atomic mass is 32.2. The smallest absolute Gasteiger partial charge is 0.251 e. The minimum Gasteiger partial charge on any atom is -0.389 e. The molecule has 0 aliphatic carbocycles. The summed E-state index contributed by atoms with van der Waals surface area (Å²) in [6, 6.07) is 6.81. The Morgan fingerprint density at radius 3 is 2.67 bits per heavy atom. The largest absolute Gasteiger partial charge is 0.389 e. The molecule has 1 rings (SSSR count). The van der Waals surface area contributed by atoms with Crippen molar-refractivity contribution in [1.29, 1.82) is 0 Å². The van der Waals surface area contributed by atoms with Crippen LogP contribution in [-0.2, 0) is 10.8 Å². The molecule has 98 valence electrons. The lowest BCUT2D eigenvalue weighted by atomic mass is 10.1. The molecule has 0 aromatic heterocycles. The van der Waals surface area contributed by atoms with E-state index in [1.54, 1.807) is 30.5 Å². The normalized spacial score (nSPS) is 13.7. The Morgan fingerprint density at radius 1 is 1.50 bits per heavy atom. The molecular formula is C12H16N2O2S2. The number of hydrogen-bond acceptors (Lipinski definition) is 3. The Morgan fingerprint density at radius 2 is 2.11 bits per heavy atom. The predicted molar refractivity (Wildman–Crippen MR) is 78.2 cm³/mol. The van der Waals surface area contributed by atoms with Gasteiger partial charge >= 0.3 is 0 Å². The van der Waals surface area contributed by atoms with Crippen LogP contribution in [0.1, 0.15) is 22.8 Å². The summed E-state index contributed by atoms with van der Waals surface area (Å²) in [6.45, 7) is 2.20. The second-order valence-electron chi connectivity index (χ2n) is 3.96. The zero-order chi connectivity index (χ0) is 13.7. The first kappa shape index (κ1) is 14.8. The molecule has 2 atom stereocenters. The summed E-state index contributed by atoms with van der Waals surface area (Å²) in [5.41, 5.74) is 6.66. The van der Waals surface area contributed by atoms with E-state index in [9.17, 15) is 9.00 Å². The summed E-state index contributed by atoms with van der Waals surface area (Å²) in [5.74, 6) is -0.217. The minimum atomic E-state index is -0.950. The Hall–Kier alpha value is -1.27. The van der Waals surface area contributed by atoms with Gasteiger partial charge in [-0.25, -0.2) is 0 Å². The van der Waals surface area contributed by atoms with Gasteiger partial charge in [-0.3, -0.25) is 9.00 Å². The summed E-state index contributed by atoms with van der Waals surface area (Å²) >= 11 is 4.85. The number of carbonyl (C=O) groups excluding carboxylic acids is 1. The Balaban J connectivity index is 2.70. The maximum atomic E-state index is 11.9. The van der Waals surface area contributed by atoms with Crippen LogP contribution in [0.15, 0.2) is 24.3 Å². The number of carbonyl (C=O) groups is 1. The van der Waals surface area contributed by atoms with Crippen molar-refractivity contribution in [3.63, 3.8) is 0 Å². The maximum absolute atomic E-state index is 11.9. The molecule has 0 saturated carbocycles. The van der Waals surface area contributed by atoms with Crippen LogP contribution >= 0.6 is 12.2 Å². The van der Waals surface area contributed by atoms with Crippen LogP contribution in [0.4, 0.5) is 0 Å². The molecular weight excluding hydrogens is 268 g/mol. The average molecular weight is 284 g/mol. The lowest BCUT2D eigenvalue weighted by Gasteiger charge is -2.10. The molecule has 18 heavy (non-hydrogen) atoms. The zero-order valence-corrected chi connectivity index (χ0v) is 11.9. The van der Waals surface area contributed by atoms with Gasteiger partial charge in [0, 0.05) is 40.0 Å². The molecule has 0 aliphatic heterocycles. The third-order valence-electron chi connectivity index (χ3n) is 2.53. The molecule has 0 heterocycles. The molecule has 1 aromatic carbocycles. The van der Waals surface area contributed by atoms with E-state index in [1.807, 2.05) is 6.92 Å². The van der Waals surface area contributed by atoms with Crippen LogP contribution in [0.25, 0.3) is 0 Å². The predicted octanol–water partition coefficient (Wildman–Crippen LogP) is 0.818. The van der Waals surface area contributed by atoms with Gasteiger partial charge in [0.25, 0.3) is 5.91 Å². The van der Waals surface area contributed by atoms with Gasteiger partial charge in [-0.2, -0.15) is 0 Å². The second kappa shape index (κ2) is 6.61. The standard InChI is InChI=1S/C12H16N2O2S2/c1-8(18(2)16)7-14-12(15)10-5-3-4-9(6-10)11(13)17/h3-6,8H,7H2,1-2H3,(H2,13,17)(H,14,15). The number of amides is 1. The van der Waals surface area contributed by atoms with Crippen LogP contribution in [0.3, 0.4) is 0 Å². The molecule has 0 radical (unpaired) electrons. The van der Waals surface area contributed by atoms with Crippen molar-refractivity contribution >= 4 is 33.9 Å². The quantitative estimate of drug-likeness (QED) is 0.785. The number of rotatable bonds is 5. The van der Waals surface area contributed by atoms with Crippen molar-refractivity contribution in [1.82, 2.24) is 5.32 Å². The van der Waals surface area contributed by atoms with E-state index in [1.165, 1.54) is 0 Å².